The number of para-hydroxylation sites is 2. The Labute approximate surface area is 168 Å². The third-order valence-electron chi connectivity index (χ3n) is 4.04. The van der Waals surface area contributed by atoms with Gasteiger partial charge >= 0.3 is 0 Å². The van der Waals surface area contributed by atoms with Crippen LogP contribution in [-0.4, -0.2) is 33.7 Å². The average Bonchev–Trinajstić information content (AvgIpc) is 2.72. The first-order chi connectivity index (χ1) is 13.5. The second kappa shape index (κ2) is 9.18. The van der Waals surface area contributed by atoms with Crippen LogP contribution in [0.2, 0.25) is 0 Å². The maximum absolute atomic E-state index is 12.5. The fourth-order valence-corrected chi connectivity index (χ4v) is 3.30. The van der Waals surface area contributed by atoms with E-state index >= 15 is 0 Å². The van der Waals surface area contributed by atoms with Gasteiger partial charge in [0.2, 0.25) is 17.8 Å². The number of benzene rings is 2. The summed E-state index contributed by atoms with van der Waals surface area (Å²) in [5.74, 6) is 1.37. The molecule has 0 bridgehead atoms. The minimum absolute atomic E-state index is 0.00714. The lowest BCUT2D eigenvalue weighted by molar-refractivity contribution is -0.115. The molecule has 0 aliphatic heterocycles. The Morgan fingerprint density at radius 2 is 1.71 bits per heavy atom. The van der Waals surface area contributed by atoms with Crippen LogP contribution in [-0.2, 0) is 4.79 Å². The normalized spacial score (nSPS) is 11.6. The van der Waals surface area contributed by atoms with E-state index in [0.29, 0.717) is 17.5 Å². The first-order valence-corrected chi connectivity index (χ1v) is 9.84. The molecule has 0 aliphatic carbocycles. The Kier molecular flexibility index (Phi) is 6.44. The molecule has 3 N–H and O–H groups in total. The van der Waals surface area contributed by atoms with Crippen LogP contribution < -0.4 is 16.0 Å². The molecule has 0 spiro atoms. The third-order valence-corrected chi connectivity index (χ3v) is 5.16. The molecule has 8 heteroatoms. The maximum atomic E-state index is 12.5. The molecule has 1 atom stereocenters. The summed E-state index contributed by atoms with van der Waals surface area (Å²) in [4.78, 5) is 26.9. The van der Waals surface area contributed by atoms with Gasteiger partial charge in [0.1, 0.15) is 5.82 Å². The van der Waals surface area contributed by atoms with Crippen molar-refractivity contribution in [3.63, 3.8) is 0 Å². The number of aromatic nitrogens is 3. The van der Waals surface area contributed by atoms with E-state index in [2.05, 4.69) is 20.3 Å². The number of hydrogen-bond donors (Lipinski definition) is 2. The van der Waals surface area contributed by atoms with Crippen molar-refractivity contribution in [2.24, 2.45) is 0 Å². The molecular weight excluding hydrogens is 372 g/mol. The van der Waals surface area contributed by atoms with Crippen LogP contribution in [0.15, 0.2) is 60.7 Å². The van der Waals surface area contributed by atoms with Crippen LogP contribution in [0.5, 0.6) is 0 Å². The number of amides is 1. The molecule has 1 unspecified atom stereocenters. The number of nitrogens with two attached hydrogens (primary N) is 1. The van der Waals surface area contributed by atoms with Gasteiger partial charge < -0.3 is 16.0 Å². The van der Waals surface area contributed by atoms with Gasteiger partial charge in [-0.15, -0.1) is 11.8 Å². The molecule has 3 aromatic rings. The first-order valence-electron chi connectivity index (χ1n) is 8.79. The molecule has 1 heterocycles. The highest BCUT2D eigenvalue weighted by Gasteiger charge is 2.17. The van der Waals surface area contributed by atoms with Crippen molar-refractivity contribution in [3.05, 3.63) is 66.5 Å². The van der Waals surface area contributed by atoms with Gasteiger partial charge in [0.15, 0.2) is 0 Å². The first kappa shape index (κ1) is 19.6. The van der Waals surface area contributed by atoms with Gasteiger partial charge in [-0.05, 0) is 31.2 Å². The number of anilines is 4. The molecule has 0 aliphatic rings. The van der Waals surface area contributed by atoms with E-state index < -0.39 is 0 Å². The Bertz CT molecular complexity index is 922. The van der Waals surface area contributed by atoms with Gasteiger partial charge in [0, 0.05) is 18.4 Å². The number of nitrogen functional groups attached to an aromatic ring is 1. The summed E-state index contributed by atoms with van der Waals surface area (Å²) in [5.41, 5.74) is 7.57. The molecule has 0 fully saturated rings. The average molecular weight is 395 g/mol. The Hall–Kier alpha value is -3.13. The lowest BCUT2D eigenvalue weighted by Crippen LogP contribution is -2.28. The van der Waals surface area contributed by atoms with Crippen molar-refractivity contribution in [1.82, 2.24) is 15.0 Å². The smallest absolute Gasteiger partial charge is 0.236 e. The highest BCUT2D eigenvalue weighted by molar-refractivity contribution is 8.00. The van der Waals surface area contributed by atoms with Crippen LogP contribution in [0.25, 0.3) is 0 Å². The van der Waals surface area contributed by atoms with Crippen molar-refractivity contribution >= 4 is 40.9 Å². The Balaban J connectivity index is 1.64. The summed E-state index contributed by atoms with van der Waals surface area (Å²) < 4.78 is 0. The molecular formula is C20H22N6OS. The number of carbonyl (C=O) groups excluding carboxylic acids is 1. The molecule has 144 valence electrons. The SMILES string of the molecule is CC(SCC(=O)N(C)c1ccccc1)c1nc(N)nc(Nc2ccccc2)n1. The molecule has 1 aromatic heterocycles. The van der Waals surface area contributed by atoms with Gasteiger partial charge in [-0.2, -0.15) is 15.0 Å². The summed E-state index contributed by atoms with van der Waals surface area (Å²) in [6.07, 6.45) is 0. The topological polar surface area (TPSA) is 97.0 Å². The number of nitrogens with one attached hydrogen (secondary N) is 1. The van der Waals surface area contributed by atoms with Crippen molar-refractivity contribution in [1.29, 1.82) is 0 Å². The molecule has 2 aromatic carbocycles. The Morgan fingerprint density at radius 3 is 2.39 bits per heavy atom. The molecule has 28 heavy (non-hydrogen) atoms. The standard InChI is InChI=1S/C20H22N6OS/c1-14(28-13-17(27)26(2)16-11-7-4-8-12-16)18-23-19(21)25-20(24-18)22-15-9-5-3-6-10-15/h3-12,14H,13H2,1-2H3,(H3,21,22,23,24,25). The van der Waals surface area contributed by atoms with Gasteiger partial charge in [-0.25, -0.2) is 0 Å². The zero-order valence-electron chi connectivity index (χ0n) is 15.7. The van der Waals surface area contributed by atoms with Gasteiger partial charge in [0.25, 0.3) is 0 Å². The van der Waals surface area contributed by atoms with E-state index in [1.54, 1.807) is 11.9 Å². The molecule has 0 saturated heterocycles. The zero-order chi connectivity index (χ0) is 19.9. The summed E-state index contributed by atoms with van der Waals surface area (Å²) in [7, 11) is 1.77. The highest BCUT2D eigenvalue weighted by atomic mass is 32.2. The fourth-order valence-electron chi connectivity index (χ4n) is 2.46. The Morgan fingerprint density at radius 1 is 1.07 bits per heavy atom. The van der Waals surface area contributed by atoms with Crippen LogP contribution in [0, 0.1) is 0 Å². The zero-order valence-corrected chi connectivity index (χ0v) is 16.6. The number of hydrogen-bond acceptors (Lipinski definition) is 7. The highest BCUT2D eigenvalue weighted by Crippen LogP contribution is 2.27. The largest absolute Gasteiger partial charge is 0.368 e. The summed E-state index contributed by atoms with van der Waals surface area (Å²) in [5, 5.41) is 3.00. The molecule has 7 nitrogen and oxygen atoms in total. The van der Waals surface area contributed by atoms with Crippen LogP contribution in [0.1, 0.15) is 18.0 Å². The fraction of sp³-hybridized carbons (Fsp3) is 0.200. The number of carbonyl (C=O) groups is 1. The molecule has 0 radical (unpaired) electrons. The van der Waals surface area contributed by atoms with Gasteiger partial charge in [0.05, 0.1) is 11.0 Å². The lowest BCUT2D eigenvalue weighted by Gasteiger charge is -2.18. The van der Waals surface area contributed by atoms with E-state index in [1.807, 2.05) is 67.6 Å². The van der Waals surface area contributed by atoms with Crippen molar-refractivity contribution in [2.75, 3.05) is 28.8 Å². The van der Waals surface area contributed by atoms with E-state index in [9.17, 15) is 4.79 Å². The van der Waals surface area contributed by atoms with Gasteiger partial charge in [-0.3, -0.25) is 4.79 Å². The van der Waals surface area contributed by atoms with Crippen molar-refractivity contribution in [2.45, 2.75) is 12.2 Å². The monoisotopic (exact) mass is 394 g/mol. The minimum Gasteiger partial charge on any atom is -0.368 e. The minimum atomic E-state index is -0.116. The second-order valence-corrected chi connectivity index (χ2v) is 7.44. The van der Waals surface area contributed by atoms with E-state index in [1.165, 1.54) is 11.8 Å². The lowest BCUT2D eigenvalue weighted by atomic mass is 10.3. The predicted octanol–water partition coefficient (Wildman–Crippen LogP) is 3.65. The number of nitrogens with zero attached hydrogens (tertiary/aromatic N) is 4. The third kappa shape index (κ3) is 5.20. The number of thioether (sulfide) groups is 1. The van der Waals surface area contributed by atoms with E-state index in [-0.39, 0.29) is 17.1 Å². The van der Waals surface area contributed by atoms with Crippen molar-refractivity contribution in [3.8, 4) is 0 Å². The molecule has 3 rings (SSSR count). The molecule has 0 saturated carbocycles. The maximum Gasteiger partial charge on any atom is 0.236 e. The van der Waals surface area contributed by atoms with E-state index in [4.69, 9.17) is 5.73 Å². The summed E-state index contributed by atoms with van der Waals surface area (Å²) in [6, 6.07) is 19.1. The second-order valence-electron chi connectivity index (χ2n) is 6.11. The van der Waals surface area contributed by atoms with E-state index in [0.717, 1.165) is 11.4 Å². The number of rotatable bonds is 7. The van der Waals surface area contributed by atoms with Crippen LogP contribution >= 0.6 is 11.8 Å². The quantitative estimate of drug-likeness (QED) is 0.631. The predicted molar refractivity (Wildman–Crippen MR) is 115 cm³/mol. The van der Waals surface area contributed by atoms with Gasteiger partial charge in [-0.1, -0.05) is 36.4 Å². The summed E-state index contributed by atoms with van der Waals surface area (Å²) >= 11 is 1.46. The van der Waals surface area contributed by atoms with Crippen LogP contribution in [0.3, 0.4) is 0 Å². The molecule has 1 amide bonds. The van der Waals surface area contributed by atoms with Crippen molar-refractivity contribution < 1.29 is 4.79 Å². The van der Waals surface area contributed by atoms with Crippen LogP contribution in [0.4, 0.5) is 23.3 Å². The summed E-state index contributed by atoms with van der Waals surface area (Å²) in [6.45, 7) is 1.95.